The van der Waals surface area contributed by atoms with Gasteiger partial charge in [-0.15, -0.1) is 11.3 Å². The largest absolute Gasteiger partial charge is 0.448 e. The predicted octanol–water partition coefficient (Wildman–Crippen LogP) is 2.22. The van der Waals surface area contributed by atoms with E-state index >= 15 is 0 Å². The highest BCUT2D eigenvalue weighted by molar-refractivity contribution is 7.14. The number of aryl methyl sites for hydroxylation is 1. The molecule has 0 unspecified atom stereocenters. The maximum absolute atomic E-state index is 12.5. The molecule has 1 aliphatic rings. The number of ether oxygens (including phenoxy) is 1. The van der Waals surface area contributed by atoms with Crippen LogP contribution in [0.2, 0.25) is 0 Å². The van der Waals surface area contributed by atoms with Gasteiger partial charge >= 0.3 is 12.0 Å². The summed E-state index contributed by atoms with van der Waals surface area (Å²) >= 11 is 1.21. The zero-order valence-electron chi connectivity index (χ0n) is 13.8. The van der Waals surface area contributed by atoms with Gasteiger partial charge in [0.25, 0.3) is 5.91 Å². The van der Waals surface area contributed by atoms with E-state index in [9.17, 15) is 14.4 Å². The molecule has 0 bridgehead atoms. The van der Waals surface area contributed by atoms with Gasteiger partial charge in [-0.1, -0.05) is 30.3 Å². The van der Waals surface area contributed by atoms with Crippen LogP contribution in [0.1, 0.15) is 21.6 Å². The molecule has 0 aliphatic carbocycles. The Morgan fingerprint density at radius 2 is 2.04 bits per heavy atom. The van der Waals surface area contributed by atoms with Crippen molar-refractivity contribution in [2.24, 2.45) is 0 Å². The molecule has 1 fully saturated rings. The lowest BCUT2D eigenvalue weighted by molar-refractivity contribution is -0.135. The molecule has 0 radical (unpaired) electrons. The number of hydrogen-bond acceptors (Lipinski definition) is 6. The Morgan fingerprint density at radius 3 is 2.68 bits per heavy atom. The van der Waals surface area contributed by atoms with Crippen LogP contribution in [0.4, 0.5) is 4.79 Å². The minimum Gasteiger partial charge on any atom is -0.448 e. The smallest absolute Gasteiger partial charge is 0.351 e. The average Bonchev–Trinajstić information content (AvgIpc) is 3.20. The van der Waals surface area contributed by atoms with E-state index in [4.69, 9.17) is 4.74 Å². The van der Waals surface area contributed by atoms with Gasteiger partial charge in [-0.25, -0.2) is 14.6 Å². The normalized spacial score (nSPS) is 15.0. The van der Waals surface area contributed by atoms with E-state index in [0.717, 1.165) is 15.5 Å². The predicted molar refractivity (Wildman–Crippen MR) is 92.3 cm³/mol. The van der Waals surface area contributed by atoms with Crippen molar-refractivity contribution < 1.29 is 19.1 Å². The Morgan fingerprint density at radius 1 is 1.32 bits per heavy atom. The number of esters is 1. The van der Waals surface area contributed by atoms with Crippen molar-refractivity contribution >= 4 is 29.2 Å². The van der Waals surface area contributed by atoms with Gasteiger partial charge in [0.1, 0.15) is 4.88 Å². The van der Waals surface area contributed by atoms with Gasteiger partial charge in [0.05, 0.1) is 10.7 Å². The molecule has 0 spiro atoms. The summed E-state index contributed by atoms with van der Waals surface area (Å²) in [7, 11) is 0. The van der Waals surface area contributed by atoms with Gasteiger partial charge < -0.3 is 10.1 Å². The molecule has 1 aromatic carbocycles. The van der Waals surface area contributed by atoms with Crippen molar-refractivity contribution in [2.75, 3.05) is 13.1 Å². The number of imide groups is 1. The average molecular weight is 359 g/mol. The van der Waals surface area contributed by atoms with Crippen LogP contribution in [0.15, 0.2) is 30.3 Å². The molecule has 2 heterocycles. The second-order valence-corrected chi connectivity index (χ2v) is 6.75. The SMILES string of the molecule is Cc1nc(-c2ccccc2)c(C(=O)O[C@@H](C)C(=O)N2CCNC2=O)s1. The molecule has 25 heavy (non-hydrogen) atoms. The first-order valence-corrected chi connectivity index (χ1v) is 8.62. The fourth-order valence-corrected chi connectivity index (χ4v) is 3.35. The van der Waals surface area contributed by atoms with E-state index in [1.54, 1.807) is 6.92 Å². The highest BCUT2D eigenvalue weighted by Crippen LogP contribution is 2.29. The molecular weight excluding hydrogens is 342 g/mol. The molecule has 7 nitrogen and oxygen atoms in total. The maximum atomic E-state index is 12.5. The van der Waals surface area contributed by atoms with Gasteiger partial charge in [-0.3, -0.25) is 9.69 Å². The molecule has 130 valence electrons. The molecule has 8 heteroatoms. The van der Waals surface area contributed by atoms with Crippen LogP contribution in [0.5, 0.6) is 0 Å². The lowest BCUT2D eigenvalue weighted by atomic mass is 10.1. The molecule has 0 saturated carbocycles. The number of carbonyl (C=O) groups excluding carboxylic acids is 3. The van der Waals surface area contributed by atoms with Crippen LogP contribution >= 0.6 is 11.3 Å². The van der Waals surface area contributed by atoms with Crippen molar-refractivity contribution in [1.82, 2.24) is 15.2 Å². The van der Waals surface area contributed by atoms with Crippen molar-refractivity contribution in [2.45, 2.75) is 20.0 Å². The van der Waals surface area contributed by atoms with Gasteiger partial charge in [-0.05, 0) is 13.8 Å². The summed E-state index contributed by atoms with van der Waals surface area (Å²) in [6, 6.07) is 8.84. The van der Waals surface area contributed by atoms with E-state index in [0.29, 0.717) is 17.1 Å². The number of nitrogens with zero attached hydrogens (tertiary/aromatic N) is 2. The summed E-state index contributed by atoms with van der Waals surface area (Å²) in [6.07, 6.45) is -1.05. The molecule has 1 aliphatic heterocycles. The topological polar surface area (TPSA) is 88.6 Å². The minimum absolute atomic E-state index is 0.272. The van der Waals surface area contributed by atoms with E-state index in [1.807, 2.05) is 30.3 Å². The first-order chi connectivity index (χ1) is 12.0. The highest BCUT2D eigenvalue weighted by atomic mass is 32.1. The summed E-state index contributed by atoms with van der Waals surface area (Å²) < 4.78 is 5.29. The van der Waals surface area contributed by atoms with Gasteiger partial charge in [0, 0.05) is 18.7 Å². The van der Waals surface area contributed by atoms with Crippen molar-refractivity contribution in [3.05, 3.63) is 40.2 Å². The lowest BCUT2D eigenvalue weighted by Gasteiger charge is -2.18. The van der Waals surface area contributed by atoms with Crippen molar-refractivity contribution in [3.8, 4) is 11.3 Å². The number of carbonyl (C=O) groups is 3. The first-order valence-electron chi connectivity index (χ1n) is 7.80. The van der Waals surface area contributed by atoms with Crippen LogP contribution in [-0.4, -0.2) is 47.0 Å². The van der Waals surface area contributed by atoms with Crippen molar-refractivity contribution in [3.63, 3.8) is 0 Å². The van der Waals surface area contributed by atoms with E-state index in [1.165, 1.54) is 18.3 Å². The molecule has 1 atom stereocenters. The second kappa shape index (κ2) is 7.02. The number of urea groups is 1. The molecule has 1 aromatic heterocycles. The molecular formula is C17H17N3O4S. The molecule has 1 N–H and O–H groups in total. The molecule has 3 rings (SSSR count). The Kier molecular flexibility index (Phi) is 4.80. The van der Waals surface area contributed by atoms with Crippen LogP contribution in [-0.2, 0) is 9.53 Å². The van der Waals surface area contributed by atoms with Crippen LogP contribution in [0.3, 0.4) is 0 Å². The summed E-state index contributed by atoms with van der Waals surface area (Å²) in [4.78, 5) is 42.2. The monoisotopic (exact) mass is 359 g/mol. The third-order valence-corrected chi connectivity index (χ3v) is 4.67. The van der Waals surface area contributed by atoms with Crippen LogP contribution < -0.4 is 5.32 Å². The first kappa shape index (κ1) is 17.1. The quantitative estimate of drug-likeness (QED) is 0.846. The maximum Gasteiger partial charge on any atom is 0.351 e. The number of hydrogen-bond donors (Lipinski definition) is 1. The number of benzene rings is 1. The van der Waals surface area contributed by atoms with E-state index in [-0.39, 0.29) is 6.54 Å². The van der Waals surface area contributed by atoms with Crippen molar-refractivity contribution in [1.29, 1.82) is 0 Å². The third kappa shape index (κ3) is 3.53. The number of amides is 3. The van der Waals surface area contributed by atoms with Gasteiger partial charge in [-0.2, -0.15) is 0 Å². The Hall–Kier alpha value is -2.74. The molecule has 2 aromatic rings. The number of rotatable bonds is 4. The van der Waals surface area contributed by atoms with E-state index < -0.39 is 24.0 Å². The number of aromatic nitrogens is 1. The van der Waals surface area contributed by atoms with Gasteiger partial charge in [0.15, 0.2) is 6.10 Å². The van der Waals surface area contributed by atoms with Gasteiger partial charge in [0.2, 0.25) is 0 Å². The van der Waals surface area contributed by atoms with E-state index in [2.05, 4.69) is 10.3 Å². The molecule has 1 saturated heterocycles. The Labute approximate surface area is 148 Å². The zero-order valence-corrected chi connectivity index (χ0v) is 14.6. The summed E-state index contributed by atoms with van der Waals surface area (Å²) in [5.74, 6) is -1.16. The van der Waals surface area contributed by atoms with Crippen LogP contribution in [0, 0.1) is 6.92 Å². The summed E-state index contributed by atoms with van der Waals surface area (Å²) in [5, 5.41) is 3.27. The molecule has 3 amide bonds. The highest BCUT2D eigenvalue weighted by Gasteiger charge is 2.32. The fourth-order valence-electron chi connectivity index (χ4n) is 2.52. The Bertz CT molecular complexity index is 819. The zero-order chi connectivity index (χ0) is 18.0. The van der Waals surface area contributed by atoms with Crippen LogP contribution in [0.25, 0.3) is 11.3 Å². The number of nitrogens with one attached hydrogen (secondary N) is 1. The minimum atomic E-state index is -1.05. The second-order valence-electron chi connectivity index (χ2n) is 5.55. The lowest BCUT2D eigenvalue weighted by Crippen LogP contribution is -2.41. The Balaban J connectivity index is 1.78. The fraction of sp³-hybridized carbons (Fsp3) is 0.294. The number of thiazole rings is 1. The standard InChI is InChI=1S/C17H17N3O4S/c1-10(15(21)20-9-8-18-17(20)23)24-16(22)14-13(19-11(2)25-14)12-6-4-3-5-7-12/h3-7,10H,8-9H2,1-2H3,(H,18,23)/t10-/m0/s1. The summed E-state index contributed by atoms with van der Waals surface area (Å²) in [6.45, 7) is 3.94. The summed E-state index contributed by atoms with van der Waals surface area (Å²) in [5.41, 5.74) is 1.34. The third-order valence-electron chi connectivity index (χ3n) is 3.72.